The van der Waals surface area contributed by atoms with Crippen LogP contribution in [0.1, 0.15) is 18.7 Å². The van der Waals surface area contributed by atoms with Crippen molar-refractivity contribution in [3.8, 4) is 0 Å². The predicted octanol–water partition coefficient (Wildman–Crippen LogP) is -1.99. The van der Waals surface area contributed by atoms with Gasteiger partial charge in [-0.25, -0.2) is 14.5 Å². The number of H-pyrrole nitrogens is 1. The highest BCUT2D eigenvalue weighted by Crippen LogP contribution is 2.33. The number of aromatic nitrogens is 5. The SMILES string of the molecule is O=c1ccn([C@H]2C[C@H](n3cncn3)[C@H](O)[C@@H](CO)O2)c(=O)[nH]1. The van der Waals surface area contributed by atoms with E-state index in [1.807, 2.05) is 0 Å². The van der Waals surface area contributed by atoms with Crippen molar-refractivity contribution in [1.29, 1.82) is 0 Å². The summed E-state index contributed by atoms with van der Waals surface area (Å²) in [5.41, 5.74) is -1.13. The van der Waals surface area contributed by atoms with Crippen molar-refractivity contribution in [1.82, 2.24) is 24.3 Å². The fourth-order valence-corrected chi connectivity index (χ4v) is 2.57. The third-order valence-corrected chi connectivity index (χ3v) is 3.67. The zero-order valence-corrected chi connectivity index (χ0v) is 11.4. The zero-order chi connectivity index (χ0) is 15.7. The topological polar surface area (TPSA) is 135 Å². The highest BCUT2D eigenvalue weighted by atomic mass is 16.5. The Bertz CT molecular complexity index is 739. The summed E-state index contributed by atoms with van der Waals surface area (Å²) in [5.74, 6) is 0. The van der Waals surface area contributed by atoms with Gasteiger partial charge in [-0.2, -0.15) is 5.10 Å². The Hall–Kier alpha value is -2.30. The first-order valence-corrected chi connectivity index (χ1v) is 6.70. The lowest BCUT2D eigenvalue weighted by molar-refractivity contribution is -0.181. The van der Waals surface area contributed by atoms with Crippen molar-refractivity contribution in [2.75, 3.05) is 6.61 Å². The maximum Gasteiger partial charge on any atom is 0.330 e. The lowest BCUT2D eigenvalue weighted by atomic mass is 9.98. The van der Waals surface area contributed by atoms with Crippen LogP contribution in [0.3, 0.4) is 0 Å². The van der Waals surface area contributed by atoms with Crippen molar-refractivity contribution in [3.05, 3.63) is 45.8 Å². The van der Waals surface area contributed by atoms with Crippen LogP contribution in [-0.4, -0.2) is 53.3 Å². The first-order chi connectivity index (χ1) is 10.6. The zero-order valence-electron chi connectivity index (χ0n) is 11.4. The molecule has 0 spiro atoms. The molecule has 3 heterocycles. The molecule has 1 aliphatic heterocycles. The summed E-state index contributed by atoms with van der Waals surface area (Å²) in [4.78, 5) is 29.0. The first-order valence-electron chi connectivity index (χ1n) is 6.70. The van der Waals surface area contributed by atoms with Crippen LogP contribution in [0, 0.1) is 0 Å². The lowest BCUT2D eigenvalue weighted by Crippen LogP contribution is -2.48. The number of hydrogen-bond donors (Lipinski definition) is 3. The van der Waals surface area contributed by atoms with Crippen molar-refractivity contribution in [2.45, 2.75) is 30.9 Å². The Labute approximate surface area is 123 Å². The summed E-state index contributed by atoms with van der Waals surface area (Å²) < 4.78 is 8.23. The molecule has 2 aromatic rings. The Morgan fingerprint density at radius 2 is 2.27 bits per heavy atom. The number of aliphatic hydroxyl groups excluding tert-OH is 2. The molecule has 118 valence electrons. The van der Waals surface area contributed by atoms with E-state index < -0.39 is 42.3 Å². The molecule has 3 rings (SSSR count). The van der Waals surface area contributed by atoms with Crippen molar-refractivity contribution in [3.63, 3.8) is 0 Å². The standard InChI is InChI=1S/C12H15N5O5/c18-4-8-11(20)7(17-6-13-5-14-17)3-10(22-8)16-2-1-9(19)15-12(16)21/h1-2,5-8,10-11,18,20H,3-4H2,(H,15,19,21)/t7-,8+,10+,11-/m0/s1. The third kappa shape index (κ3) is 2.58. The van der Waals surface area contributed by atoms with E-state index in [0.29, 0.717) is 0 Å². The Kier molecular flexibility index (Phi) is 3.88. The normalized spacial score (nSPS) is 28.6. The van der Waals surface area contributed by atoms with E-state index >= 15 is 0 Å². The van der Waals surface area contributed by atoms with Crippen LogP contribution < -0.4 is 11.2 Å². The van der Waals surface area contributed by atoms with Crippen LogP contribution in [0.2, 0.25) is 0 Å². The van der Waals surface area contributed by atoms with Gasteiger partial charge in [-0.3, -0.25) is 14.3 Å². The first kappa shape index (κ1) is 14.6. The summed E-state index contributed by atoms with van der Waals surface area (Å²) in [7, 11) is 0. The minimum Gasteiger partial charge on any atom is -0.394 e. The monoisotopic (exact) mass is 309 g/mol. The molecule has 0 bridgehead atoms. The molecule has 2 aromatic heterocycles. The van der Waals surface area contributed by atoms with E-state index in [1.54, 1.807) is 0 Å². The molecule has 0 aliphatic carbocycles. The number of nitrogens with zero attached hydrogens (tertiary/aromatic N) is 4. The van der Waals surface area contributed by atoms with Crippen molar-refractivity contribution in [2.24, 2.45) is 0 Å². The molecule has 1 fully saturated rings. The van der Waals surface area contributed by atoms with Gasteiger partial charge in [-0.1, -0.05) is 0 Å². The summed E-state index contributed by atoms with van der Waals surface area (Å²) >= 11 is 0. The largest absolute Gasteiger partial charge is 0.394 e. The summed E-state index contributed by atoms with van der Waals surface area (Å²) in [6.45, 7) is -0.416. The van der Waals surface area contributed by atoms with E-state index in [0.717, 1.165) is 0 Å². The molecule has 3 N–H and O–H groups in total. The number of rotatable bonds is 3. The highest BCUT2D eigenvalue weighted by Gasteiger charge is 2.39. The van der Waals surface area contributed by atoms with Gasteiger partial charge in [-0.15, -0.1) is 0 Å². The van der Waals surface area contributed by atoms with Gasteiger partial charge in [0.15, 0.2) is 0 Å². The molecule has 0 radical (unpaired) electrons. The Balaban J connectivity index is 1.95. The second-order valence-electron chi connectivity index (χ2n) is 5.00. The quantitative estimate of drug-likeness (QED) is 0.597. The summed E-state index contributed by atoms with van der Waals surface area (Å²) in [6, 6.07) is 0.686. The molecule has 1 aliphatic rings. The Morgan fingerprint density at radius 3 is 2.91 bits per heavy atom. The van der Waals surface area contributed by atoms with Gasteiger partial charge in [0, 0.05) is 18.7 Å². The molecule has 0 amide bonds. The molecule has 10 heteroatoms. The second-order valence-corrected chi connectivity index (χ2v) is 5.00. The molecule has 0 unspecified atom stereocenters. The van der Waals surface area contributed by atoms with Crippen LogP contribution in [0.25, 0.3) is 0 Å². The lowest BCUT2D eigenvalue weighted by Gasteiger charge is -2.38. The fourth-order valence-electron chi connectivity index (χ4n) is 2.57. The average Bonchev–Trinajstić information content (AvgIpc) is 3.02. The van der Waals surface area contributed by atoms with Crippen molar-refractivity contribution < 1.29 is 14.9 Å². The number of nitrogens with one attached hydrogen (secondary N) is 1. The van der Waals surface area contributed by atoms with E-state index in [9.17, 15) is 19.8 Å². The number of aromatic amines is 1. The van der Waals surface area contributed by atoms with E-state index in [-0.39, 0.29) is 6.42 Å². The molecule has 0 aromatic carbocycles. The smallest absolute Gasteiger partial charge is 0.330 e. The maximum atomic E-state index is 11.9. The van der Waals surface area contributed by atoms with Gasteiger partial charge in [0.25, 0.3) is 5.56 Å². The minimum absolute atomic E-state index is 0.229. The number of ether oxygens (including phenoxy) is 1. The van der Waals surface area contributed by atoms with Gasteiger partial charge >= 0.3 is 5.69 Å². The highest BCUT2D eigenvalue weighted by molar-refractivity contribution is 4.91. The molecule has 1 saturated heterocycles. The second kappa shape index (κ2) is 5.83. The van der Waals surface area contributed by atoms with Gasteiger partial charge in [0.2, 0.25) is 0 Å². The molecular weight excluding hydrogens is 294 g/mol. The van der Waals surface area contributed by atoms with Gasteiger partial charge in [-0.05, 0) is 0 Å². The van der Waals surface area contributed by atoms with E-state index in [4.69, 9.17) is 4.74 Å². The van der Waals surface area contributed by atoms with Crippen LogP contribution in [0.15, 0.2) is 34.5 Å². The van der Waals surface area contributed by atoms with Crippen LogP contribution >= 0.6 is 0 Å². The molecular formula is C12H15N5O5. The molecule has 10 nitrogen and oxygen atoms in total. The summed E-state index contributed by atoms with van der Waals surface area (Å²) in [6.07, 6.45) is 1.69. The maximum absolute atomic E-state index is 11.9. The van der Waals surface area contributed by atoms with Crippen molar-refractivity contribution >= 4 is 0 Å². The molecule has 4 atom stereocenters. The molecule has 22 heavy (non-hydrogen) atoms. The van der Waals surface area contributed by atoms with Gasteiger partial charge < -0.3 is 14.9 Å². The minimum atomic E-state index is -0.999. The average molecular weight is 309 g/mol. The van der Waals surface area contributed by atoms with Crippen LogP contribution in [-0.2, 0) is 4.74 Å². The number of aliphatic hydroxyl groups is 2. The van der Waals surface area contributed by atoms with Crippen LogP contribution in [0.4, 0.5) is 0 Å². The summed E-state index contributed by atoms with van der Waals surface area (Å²) in [5, 5.41) is 23.6. The van der Waals surface area contributed by atoms with Gasteiger partial charge in [0.05, 0.1) is 12.6 Å². The number of hydrogen-bond acceptors (Lipinski definition) is 7. The Morgan fingerprint density at radius 1 is 1.45 bits per heavy atom. The van der Waals surface area contributed by atoms with E-state index in [1.165, 1.54) is 34.2 Å². The molecule has 0 saturated carbocycles. The third-order valence-electron chi connectivity index (χ3n) is 3.67. The fraction of sp³-hybridized carbons (Fsp3) is 0.500. The van der Waals surface area contributed by atoms with E-state index in [2.05, 4.69) is 15.1 Å². The van der Waals surface area contributed by atoms with Gasteiger partial charge in [0.1, 0.15) is 31.1 Å². The predicted molar refractivity (Wildman–Crippen MR) is 72.0 cm³/mol. The van der Waals surface area contributed by atoms with Crippen LogP contribution in [0.5, 0.6) is 0 Å².